The summed E-state index contributed by atoms with van der Waals surface area (Å²) in [5, 5.41) is 5.36. The molecule has 3 aromatic carbocycles. The summed E-state index contributed by atoms with van der Waals surface area (Å²) in [6.45, 7) is 8.77. The van der Waals surface area contributed by atoms with E-state index in [0.29, 0.717) is 55.1 Å². The van der Waals surface area contributed by atoms with Gasteiger partial charge in [0.25, 0.3) is 23.6 Å². The molecule has 6 amide bonds. The maximum absolute atomic E-state index is 13.9. The first-order valence-corrected chi connectivity index (χ1v) is 26.1. The number of anilines is 5. The molecule has 1 atom stereocenters. The van der Waals surface area contributed by atoms with Crippen molar-refractivity contribution in [3.05, 3.63) is 89.1 Å². The molecule has 374 valence electrons. The highest BCUT2D eigenvalue weighted by Gasteiger charge is 2.46. The Hall–Kier alpha value is -6.97. The van der Waals surface area contributed by atoms with E-state index >= 15 is 0 Å². The normalized spacial score (nSPS) is 19.0. The zero-order valence-corrected chi connectivity index (χ0v) is 40.9. The predicted octanol–water partition coefficient (Wildman–Crippen LogP) is 4.57. The highest BCUT2D eigenvalue weighted by atomic mass is 32.2. The van der Waals surface area contributed by atoms with Crippen LogP contribution < -0.4 is 29.3 Å². The van der Waals surface area contributed by atoms with E-state index in [9.17, 15) is 37.2 Å². The molecule has 71 heavy (non-hydrogen) atoms. The Balaban J connectivity index is 0.713. The van der Waals surface area contributed by atoms with Crippen molar-refractivity contribution in [3.8, 4) is 11.5 Å². The Morgan fingerprint density at radius 2 is 1.55 bits per heavy atom. The SMILES string of the molecule is CCOc1cc(C(=O)N2CCC(N3CCN(CCCCCCOc4cccc5c4C(=O)N(C4CCC(=O)NC4=O)C5=O)CC3)CC2)ccc1Nc1ncc2c(n1)N(S(C)(=O)=O)c1ccccc1C(=O)N2C. The van der Waals surface area contributed by atoms with Gasteiger partial charge in [0, 0.05) is 64.3 Å². The van der Waals surface area contributed by atoms with Gasteiger partial charge in [-0.05, 0) is 88.0 Å². The van der Waals surface area contributed by atoms with Gasteiger partial charge in [-0.3, -0.25) is 43.9 Å². The summed E-state index contributed by atoms with van der Waals surface area (Å²) in [5.74, 6) is -1.87. The van der Waals surface area contributed by atoms with E-state index in [1.165, 1.54) is 11.1 Å². The molecule has 0 spiro atoms. The van der Waals surface area contributed by atoms with Crippen LogP contribution in [0.5, 0.6) is 11.5 Å². The maximum atomic E-state index is 13.9. The number of fused-ring (bicyclic) bond motifs is 3. The molecule has 0 bridgehead atoms. The fourth-order valence-corrected chi connectivity index (χ4v) is 11.0. The van der Waals surface area contributed by atoms with Crippen LogP contribution in [0.2, 0.25) is 0 Å². The summed E-state index contributed by atoms with van der Waals surface area (Å²) in [7, 11) is -2.41. The van der Waals surface area contributed by atoms with Crippen LogP contribution in [-0.4, -0.2) is 158 Å². The molecule has 20 nitrogen and oxygen atoms in total. The Morgan fingerprint density at radius 3 is 2.30 bits per heavy atom. The van der Waals surface area contributed by atoms with Crippen molar-refractivity contribution in [2.75, 3.05) is 86.9 Å². The number of carbonyl (C=O) groups is 6. The molecule has 5 aliphatic rings. The van der Waals surface area contributed by atoms with E-state index in [1.807, 2.05) is 11.8 Å². The summed E-state index contributed by atoms with van der Waals surface area (Å²) >= 11 is 0. The van der Waals surface area contributed by atoms with Crippen molar-refractivity contribution < 1.29 is 46.7 Å². The highest BCUT2D eigenvalue weighted by Crippen LogP contribution is 2.41. The van der Waals surface area contributed by atoms with Crippen LogP contribution in [0.3, 0.4) is 0 Å². The number of aromatic nitrogens is 2. The standard InChI is InChI=1S/C50H58N10O10S/c1-4-69-41-30-32(16-17-36(41)52-50-51-31-39-44(54-50)60(71(3,67)68)37-14-8-7-12-34(37)47(64)55(39)2)46(63)58-23-20-33(21-24-58)57-27-25-56(26-28-57)22-9-5-6-10-29-70-40-15-11-13-35-43(40)49(66)59(48(35)65)38-18-19-42(61)53-45(38)62/h7-8,11-17,30-31,33,38H,4-6,9-10,18-29H2,1-3H3,(H,51,52,54)(H,53,61,62). The minimum Gasteiger partial charge on any atom is -0.493 e. The van der Waals surface area contributed by atoms with Crippen LogP contribution in [0, 0.1) is 0 Å². The van der Waals surface area contributed by atoms with Crippen LogP contribution in [0.15, 0.2) is 66.9 Å². The van der Waals surface area contributed by atoms with Gasteiger partial charge in [0.1, 0.15) is 23.2 Å². The number of imide groups is 2. The minimum atomic E-state index is -3.95. The smallest absolute Gasteiger partial charge is 0.266 e. The van der Waals surface area contributed by atoms with Crippen LogP contribution >= 0.6 is 0 Å². The summed E-state index contributed by atoms with van der Waals surface area (Å²) in [6, 6.07) is 15.9. The van der Waals surface area contributed by atoms with E-state index in [1.54, 1.807) is 67.7 Å². The van der Waals surface area contributed by atoms with E-state index < -0.39 is 45.6 Å². The number of amides is 6. The maximum Gasteiger partial charge on any atom is 0.266 e. The number of unbranched alkanes of at least 4 members (excludes halogenated alkanes) is 3. The first kappa shape index (κ1) is 49.0. The lowest BCUT2D eigenvalue weighted by molar-refractivity contribution is -0.136. The fraction of sp³-hybridized carbons (Fsp3) is 0.440. The summed E-state index contributed by atoms with van der Waals surface area (Å²) < 4.78 is 39.5. The molecule has 4 aromatic rings. The largest absolute Gasteiger partial charge is 0.493 e. The van der Waals surface area contributed by atoms with Crippen molar-refractivity contribution >= 4 is 74.3 Å². The number of ether oxygens (including phenoxy) is 2. The van der Waals surface area contributed by atoms with Crippen LogP contribution in [0.1, 0.15) is 99.7 Å². The van der Waals surface area contributed by atoms with Gasteiger partial charge < -0.3 is 29.5 Å². The van der Waals surface area contributed by atoms with Crippen LogP contribution in [0.4, 0.5) is 28.8 Å². The fourth-order valence-electron chi connectivity index (χ4n) is 10.1. The summed E-state index contributed by atoms with van der Waals surface area (Å²) in [6.07, 6.45) is 8.20. The number of para-hydroxylation sites is 1. The number of likely N-dealkylation sites (tertiary alicyclic amines) is 1. The third kappa shape index (κ3) is 10.2. The Labute approximate surface area is 412 Å². The number of carbonyl (C=O) groups excluding carboxylic acids is 6. The first-order chi connectivity index (χ1) is 34.2. The number of sulfonamides is 1. The molecular weight excluding hydrogens is 933 g/mol. The third-order valence-corrected chi connectivity index (χ3v) is 14.8. The number of nitrogens with zero attached hydrogens (tertiary/aromatic N) is 8. The lowest BCUT2D eigenvalue weighted by atomic mass is 10.0. The monoisotopic (exact) mass is 990 g/mol. The Bertz CT molecular complexity index is 2860. The zero-order valence-electron chi connectivity index (χ0n) is 40.1. The molecule has 0 radical (unpaired) electrons. The van der Waals surface area contributed by atoms with E-state index in [-0.39, 0.29) is 58.6 Å². The van der Waals surface area contributed by atoms with E-state index in [0.717, 1.165) is 86.7 Å². The topological polar surface area (TPSA) is 224 Å². The molecule has 2 N–H and O–H groups in total. The average molecular weight is 991 g/mol. The number of hydrogen-bond acceptors (Lipinski definition) is 15. The molecular formula is C50H58N10O10S. The van der Waals surface area contributed by atoms with Crippen molar-refractivity contribution in [1.82, 2.24) is 34.9 Å². The van der Waals surface area contributed by atoms with Crippen molar-refractivity contribution in [2.45, 2.75) is 70.4 Å². The van der Waals surface area contributed by atoms with Gasteiger partial charge in [-0.2, -0.15) is 4.98 Å². The highest BCUT2D eigenvalue weighted by molar-refractivity contribution is 7.92. The summed E-state index contributed by atoms with van der Waals surface area (Å²) in [5.41, 5.74) is 1.93. The number of benzene rings is 3. The van der Waals surface area contributed by atoms with Gasteiger partial charge in [0.05, 0.1) is 53.7 Å². The minimum absolute atomic E-state index is 0.00767. The quantitative estimate of drug-likeness (QED) is 0.116. The molecule has 0 aliphatic carbocycles. The lowest BCUT2D eigenvalue weighted by Crippen LogP contribution is -2.54. The van der Waals surface area contributed by atoms with Gasteiger partial charge in [-0.1, -0.05) is 31.0 Å². The van der Waals surface area contributed by atoms with Crippen molar-refractivity contribution in [3.63, 3.8) is 0 Å². The molecule has 3 saturated heterocycles. The van der Waals surface area contributed by atoms with Crippen molar-refractivity contribution in [2.24, 2.45) is 0 Å². The second-order valence-corrected chi connectivity index (χ2v) is 20.2. The predicted molar refractivity (Wildman–Crippen MR) is 263 cm³/mol. The number of piperidine rings is 2. The number of nitrogens with one attached hydrogen (secondary N) is 2. The Kier molecular flexibility index (Phi) is 14.4. The molecule has 6 heterocycles. The van der Waals surface area contributed by atoms with Crippen molar-refractivity contribution in [1.29, 1.82) is 0 Å². The second-order valence-electron chi connectivity index (χ2n) is 18.4. The Morgan fingerprint density at radius 1 is 0.803 bits per heavy atom. The van der Waals surface area contributed by atoms with Gasteiger partial charge in [-0.25, -0.2) is 17.7 Å². The second kappa shape index (κ2) is 20.8. The average Bonchev–Trinajstić information content (AvgIpc) is 3.56. The number of hydrogen-bond donors (Lipinski definition) is 2. The molecule has 1 unspecified atom stereocenters. The van der Waals surface area contributed by atoms with Gasteiger partial charge in [0.2, 0.25) is 27.8 Å². The van der Waals surface area contributed by atoms with Gasteiger partial charge >= 0.3 is 0 Å². The lowest BCUT2D eigenvalue weighted by Gasteiger charge is -2.42. The third-order valence-electron chi connectivity index (χ3n) is 13.8. The number of rotatable bonds is 16. The van der Waals surface area contributed by atoms with E-state index in [4.69, 9.17) is 9.47 Å². The van der Waals surface area contributed by atoms with Gasteiger partial charge in [0.15, 0.2) is 5.82 Å². The van der Waals surface area contributed by atoms with Gasteiger partial charge in [-0.15, -0.1) is 0 Å². The summed E-state index contributed by atoms with van der Waals surface area (Å²) in [4.78, 5) is 96.1. The molecule has 0 saturated carbocycles. The van der Waals surface area contributed by atoms with E-state index in [2.05, 4.69) is 30.4 Å². The van der Waals surface area contributed by atoms with Crippen LogP contribution in [0.25, 0.3) is 0 Å². The molecule has 1 aromatic heterocycles. The molecule has 9 rings (SSSR count). The zero-order chi connectivity index (χ0) is 50.0. The first-order valence-electron chi connectivity index (χ1n) is 24.2. The molecule has 21 heteroatoms. The molecule has 3 fully saturated rings. The van der Waals surface area contributed by atoms with Crippen LogP contribution in [-0.2, 0) is 19.6 Å². The number of piperazine rings is 1. The molecule has 5 aliphatic heterocycles.